The number of benzene rings is 2. The lowest BCUT2D eigenvalue weighted by Crippen LogP contribution is -2.26. The Labute approximate surface area is 188 Å². The van der Waals surface area contributed by atoms with Gasteiger partial charge in [0.2, 0.25) is 0 Å². The van der Waals surface area contributed by atoms with Crippen molar-refractivity contribution in [3.8, 4) is 17.4 Å². The van der Waals surface area contributed by atoms with E-state index in [2.05, 4.69) is 10.3 Å². The van der Waals surface area contributed by atoms with Crippen LogP contribution in [0, 0.1) is 11.3 Å². The van der Waals surface area contributed by atoms with Crippen molar-refractivity contribution >= 4 is 46.1 Å². The lowest BCUT2D eigenvalue weighted by molar-refractivity contribution is -0.117. The number of aromatic amines is 1. The summed E-state index contributed by atoms with van der Waals surface area (Å²) in [6.07, 6.45) is 3.98. The van der Waals surface area contributed by atoms with Gasteiger partial charge >= 0.3 is 0 Å². The molecule has 0 saturated carbocycles. The molecule has 154 valence electrons. The number of aromatic nitrogens is 1. The molecule has 2 aromatic heterocycles. The second kappa shape index (κ2) is 9.13. The van der Waals surface area contributed by atoms with E-state index in [1.807, 2.05) is 36.5 Å². The number of hydrogen-bond acceptors (Lipinski definition) is 3. The average molecular weight is 450 g/mol. The Morgan fingerprint density at radius 3 is 2.81 bits per heavy atom. The molecule has 1 amide bonds. The Morgan fingerprint density at radius 2 is 1.97 bits per heavy atom. The number of carbonyl (C=O) groups excluding carboxylic acids is 1. The third-order valence-electron chi connectivity index (χ3n) is 4.85. The number of H-pyrrole nitrogens is 1. The summed E-state index contributed by atoms with van der Waals surface area (Å²) in [4.78, 5) is 15.7. The van der Waals surface area contributed by atoms with E-state index < -0.39 is 5.91 Å². The molecule has 0 radical (unpaired) electrons. The lowest BCUT2D eigenvalue weighted by Gasteiger charge is -2.04. The number of amides is 1. The summed E-state index contributed by atoms with van der Waals surface area (Å²) >= 11 is 12.3. The Bertz CT molecular complexity index is 1330. The van der Waals surface area contributed by atoms with Crippen LogP contribution in [0.3, 0.4) is 0 Å². The molecule has 0 spiro atoms. The molecule has 0 bridgehead atoms. The minimum atomic E-state index is -0.457. The van der Waals surface area contributed by atoms with Gasteiger partial charge in [0, 0.05) is 35.3 Å². The molecule has 0 aliphatic rings. The van der Waals surface area contributed by atoms with E-state index in [1.165, 1.54) is 6.08 Å². The third kappa shape index (κ3) is 4.51. The van der Waals surface area contributed by atoms with Gasteiger partial charge in [-0.2, -0.15) is 5.26 Å². The maximum atomic E-state index is 12.5. The highest BCUT2D eigenvalue weighted by Crippen LogP contribution is 2.34. The molecule has 0 aliphatic carbocycles. The highest BCUT2D eigenvalue weighted by Gasteiger charge is 2.13. The van der Waals surface area contributed by atoms with Crippen molar-refractivity contribution in [1.82, 2.24) is 10.3 Å². The molecule has 31 heavy (non-hydrogen) atoms. The minimum absolute atomic E-state index is 0.0444. The predicted octanol–water partition coefficient (Wildman–Crippen LogP) is 6.00. The van der Waals surface area contributed by atoms with E-state index in [9.17, 15) is 10.1 Å². The zero-order valence-corrected chi connectivity index (χ0v) is 17.8. The summed E-state index contributed by atoms with van der Waals surface area (Å²) in [7, 11) is 0. The van der Waals surface area contributed by atoms with Crippen molar-refractivity contribution in [1.29, 1.82) is 5.26 Å². The Morgan fingerprint density at radius 1 is 1.13 bits per heavy atom. The van der Waals surface area contributed by atoms with Crippen LogP contribution in [0.4, 0.5) is 0 Å². The summed E-state index contributed by atoms with van der Waals surface area (Å²) in [5.41, 5.74) is 2.75. The van der Waals surface area contributed by atoms with Crippen LogP contribution in [0.2, 0.25) is 10.0 Å². The van der Waals surface area contributed by atoms with Crippen molar-refractivity contribution in [2.24, 2.45) is 0 Å². The van der Waals surface area contributed by atoms with E-state index in [0.29, 0.717) is 40.1 Å². The van der Waals surface area contributed by atoms with Gasteiger partial charge < -0.3 is 14.7 Å². The summed E-state index contributed by atoms with van der Waals surface area (Å²) < 4.78 is 5.74. The van der Waals surface area contributed by atoms with Crippen LogP contribution >= 0.6 is 23.2 Å². The molecule has 0 unspecified atom stereocenters. The number of fused-ring (bicyclic) bond motifs is 1. The predicted molar refractivity (Wildman–Crippen MR) is 123 cm³/mol. The quantitative estimate of drug-likeness (QED) is 0.279. The topological polar surface area (TPSA) is 81.8 Å². The van der Waals surface area contributed by atoms with Crippen molar-refractivity contribution in [3.05, 3.63) is 87.7 Å². The molecular weight excluding hydrogens is 433 g/mol. The number of carbonyl (C=O) groups is 1. The molecule has 5 nitrogen and oxygen atoms in total. The fraction of sp³-hybridized carbons (Fsp3) is 0.0833. The monoisotopic (exact) mass is 449 g/mol. The standard InChI is InChI=1S/C24H17Cl2N3O2/c25-20-6-3-5-19(23(20)26)22-9-8-17(31-22)12-16(13-27)24(30)28-11-10-15-14-29-21-7-2-1-4-18(15)21/h1-9,12,14,29H,10-11H2,(H,28,30)/b16-12+. The summed E-state index contributed by atoms with van der Waals surface area (Å²) in [5, 5.41) is 14.1. The highest BCUT2D eigenvalue weighted by atomic mass is 35.5. The molecule has 7 heteroatoms. The maximum absolute atomic E-state index is 12.5. The van der Waals surface area contributed by atoms with E-state index in [4.69, 9.17) is 27.6 Å². The third-order valence-corrected chi connectivity index (χ3v) is 5.67. The fourth-order valence-corrected chi connectivity index (χ4v) is 3.70. The number of nitrogens with zero attached hydrogens (tertiary/aromatic N) is 1. The van der Waals surface area contributed by atoms with Crippen LogP contribution in [0.15, 0.2) is 70.8 Å². The van der Waals surface area contributed by atoms with E-state index in [1.54, 1.807) is 30.3 Å². The summed E-state index contributed by atoms with van der Waals surface area (Å²) in [5.74, 6) is 0.409. The largest absolute Gasteiger partial charge is 0.457 e. The van der Waals surface area contributed by atoms with Crippen LogP contribution in [-0.4, -0.2) is 17.4 Å². The second-order valence-corrected chi connectivity index (χ2v) is 7.62. The smallest absolute Gasteiger partial charge is 0.262 e. The van der Waals surface area contributed by atoms with Gasteiger partial charge in [-0.05, 0) is 42.3 Å². The number of halogens is 2. The van der Waals surface area contributed by atoms with Crippen LogP contribution in [0.25, 0.3) is 28.3 Å². The molecule has 2 aromatic carbocycles. The van der Waals surface area contributed by atoms with Crippen molar-refractivity contribution in [2.45, 2.75) is 6.42 Å². The van der Waals surface area contributed by atoms with Gasteiger partial charge in [-0.25, -0.2) is 0 Å². The van der Waals surface area contributed by atoms with Gasteiger partial charge in [-0.1, -0.05) is 47.5 Å². The molecular formula is C24H17Cl2N3O2. The number of furan rings is 1. The normalized spacial score (nSPS) is 11.5. The van der Waals surface area contributed by atoms with Gasteiger partial charge in [-0.15, -0.1) is 0 Å². The number of nitrogens with one attached hydrogen (secondary N) is 2. The van der Waals surface area contributed by atoms with Gasteiger partial charge in [0.25, 0.3) is 5.91 Å². The fourth-order valence-electron chi connectivity index (χ4n) is 3.30. The molecule has 2 N–H and O–H groups in total. The number of hydrogen-bond donors (Lipinski definition) is 2. The van der Waals surface area contributed by atoms with Crippen molar-refractivity contribution in [3.63, 3.8) is 0 Å². The molecule has 0 saturated heterocycles. The number of para-hydroxylation sites is 1. The molecule has 2 heterocycles. The Balaban J connectivity index is 1.43. The minimum Gasteiger partial charge on any atom is -0.457 e. The van der Waals surface area contributed by atoms with Gasteiger partial charge in [-0.3, -0.25) is 4.79 Å². The first-order valence-electron chi connectivity index (χ1n) is 9.56. The van der Waals surface area contributed by atoms with Crippen molar-refractivity contribution < 1.29 is 9.21 Å². The first-order valence-corrected chi connectivity index (χ1v) is 10.3. The van der Waals surface area contributed by atoms with Crippen molar-refractivity contribution in [2.75, 3.05) is 6.54 Å². The maximum Gasteiger partial charge on any atom is 0.262 e. The van der Waals surface area contributed by atoms with E-state index in [-0.39, 0.29) is 5.57 Å². The summed E-state index contributed by atoms with van der Waals surface area (Å²) in [6.45, 7) is 0.404. The lowest BCUT2D eigenvalue weighted by atomic mass is 10.1. The number of rotatable bonds is 6. The SMILES string of the molecule is N#C/C(=C\c1ccc(-c2cccc(Cl)c2Cl)o1)C(=O)NCCc1c[nH]c2ccccc12. The van der Waals surface area contributed by atoms with Crippen LogP contribution in [-0.2, 0) is 11.2 Å². The average Bonchev–Trinajstić information content (AvgIpc) is 3.41. The van der Waals surface area contributed by atoms with Crippen LogP contribution in [0.5, 0.6) is 0 Å². The first-order chi connectivity index (χ1) is 15.1. The van der Waals surface area contributed by atoms with Crippen LogP contribution in [0.1, 0.15) is 11.3 Å². The molecule has 4 aromatic rings. The van der Waals surface area contributed by atoms with Crippen LogP contribution < -0.4 is 5.32 Å². The first kappa shape index (κ1) is 20.8. The Hall–Kier alpha value is -3.46. The second-order valence-electron chi connectivity index (χ2n) is 6.84. The zero-order valence-electron chi connectivity index (χ0n) is 16.3. The number of nitriles is 1. The molecule has 0 fully saturated rings. The van der Waals surface area contributed by atoms with Gasteiger partial charge in [0.05, 0.1) is 10.0 Å². The highest BCUT2D eigenvalue weighted by molar-refractivity contribution is 6.43. The molecule has 0 aliphatic heterocycles. The van der Waals surface area contributed by atoms with E-state index in [0.717, 1.165) is 16.5 Å². The summed E-state index contributed by atoms with van der Waals surface area (Å²) in [6, 6.07) is 18.5. The van der Waals surface area contributed by atoms with Gasteiger partial charge in [0.1, 0.15) is 23.2 Å². The van der Waals surface area contributed by atoms with E-state index >= 15 is 0 Å². The molecule has 0 atom stereocenters. The Kier molecular flexibility index (Phi) is 6.13. The molecule has 4 rings (SSSR count). The zero-order chi connectivity index (χ0) is 21.8. The van der Waals surface area contributed by atoms with Gasteiger partial charge in [0.15, 0.2) is 0 Å².